The van der Waals surface area contributed by atoms with E-state index in [4.69, 9.17) is 0 Å². The van der Waals surface area contributed by atoms with Gasteiger partial charge in [0.2, 0.25) is 5.91 Å². The SMILES string of the molecule is CCNCc1cn(CC(=O)NCc2ccc(C)cc2)nn1. The fraction of sp³-hybridized carbons (Fsp3) is 0.400. The second-order valence-corrected chi connectivity index (χ2v) is 4.95. The highest BCUT2D eigenvalue weighted by atomic mass is 16.2. The van der Waals surface area contributed by atoms with E-state index in [-0.39, 0.29) is 12.5 Å². The lowest BCUT2D eigenvalue weighted by Crippen LogP contribution is -2.27. The van der Waals surface area contributed by atoms with Crippen LogP contribution < -0.4 is 10.6 Å². The van der Waals surface area contributed by atoms with Crippen LogP contribution in [0.3, 0.4) is 0 Å². The van der Waals surface area contributed by atoms with E-state index in [1.165, 1.54) is 5.56 Å². The molecule has 0 fully saturated rings. The zero-order valence-corrected chi connectivity index (χ0v) is 12.5. The van der Waals surface area contributed by atoms with Crippen LogP contribution in [0.25, 0.3) is 0 Å². The second kappa shape index (κ2) is 7.54. The Morgan fingerprint density at radius 2 is 2.00 bits per heavy atom. The Bertz CT molecular complexity index is 576. The van der Waals surface area contributed by atoms with Crippen molar-refractivity contribution >= 4 is 5.91 Å². The van der Waals surface area contributed by atoms with Gasteiger partial charge in [0.05, 0.1) is 11.9 Å². The fourth-order valence-corrected chi connectivity index (χ4v) is 1.86. The van der Waals surface area contributed by atoms with Crippen LogP contribution in [-0.2, 0) is 24.4 Å². The van der Waals surface area contributed by atoms with Crippen molar-refractivity contribution in [2.45, 2.75) is 33.5 Å². The molecule has 0 atom stereocenters. The molecule has 0 aliphatic heterocycles. The van der Waals surface area contributed by atoms with Crippen LogP contribution >= 0.6 is 0 Å². The van der Waals surface area contributed by atoms with Gasteiger partial charge < -0.3 is 10.6 Å². The van der Waals surface area contributed by atoms with Crippen LogP contribution in [0.15, 0.2) is 30.5 Å². The van der Waals surface area contributed by atoms with Crippen molar-refractivity contribution in [3.63, 3.8) is 0 Å². The molecule has 2 N–H and O–H groups in total. The lowest BCUT2D eigenvalue weighted by atomic mass is 10.1. The zero-order chi connectivity index (χ0) is 15.1. The Kier molecular flexibility index (Phi) is 5.45. The molecule has 112 valence electrons. The summed E-state index contributed by atoms with van der Waals surface area (Å²) in [7, 11) is 0. The number of benzene rings is 1. The summed E-state index contributed by atoms with van der Waals surface area (Å²) >= 11 is 0. The molecule has 1 aromatic heterocycles. The van der Waals surface area contributed by atoms with E-state index in [0.717, 1.165) is 17.8 Å². The molecule has 2 aromatic rings. The lowest BCUT2D eigenvalue weighted by molar-refractivity contribution is -0.122. The van der Waals surface area contributed by atoms with Crippen molar-refractivity contribution in [1.82, 2.24) is 25.6 Å². The van der Waals surface area contributed by atoms with Crippen LogP contribution in [0.2, 0.25) is 0 Å². The molecule has 21 heavy (non-hydrogen) atoms. The predicted octanol–water partition coefficient (Wildman–Crippen LogP) is 1.01. The summed E-state index contributed by atoms with van der Waals surface area (Å²) in [5.41, 5.74) is 3.13. The number of nitrogens with zero attached hydrogens (tertiary/aromatic N) is 3. The quantitative estimate of drug-likeness (QED) is 0.797. The maximum Gasteiger partial charge on any atom is 0.242 e. The minimum atomic E-state index is -0.0736. The highest BCUT2D eigenvalue weighted by Crippen LogP contribution is 2.02. The van der Waals surface area contributed by atoms with Gasteiger partial charge in [0.1, 0.15) is 6.54 Å². The normalized spacial score (nSPS) is 10.6. The van der Waals surface area contributed by atoms with Gasteiger partial charge in [-0.05, 0) is 19.0 Å². The molecule has 1 heterocycles. The van der Waals surface area contributed by atoms with E-state index in [9.17, 15) is 4.79 Å². The summed E-state index contributed by atoms with van der Waals surface area (Å²) in [5.74, 6) is -0.0736. The summed E-state index contributed by atoms with van der Waals surface area (Å²) in [6.07, 6.45) is 1.79. The van der Waals surface area contributed by atoms with E-state index >= 15 is 0 Å². The van der Waals surface area contributed by atoms with Crippen molar-refractivity contribution in [3.05, 3.63) is 47.3 Å². The number of carbonyl (C=O) groups excluding carboxylic acids is 1. The number of carbonyl (C=O) groups is 1. The summed E-state index contributed by atoms with van der Waals surface area (Å²) in [5, 5.41) is 14.0. The third-order valence-corrected chi connectivity index (χ3v) is 3.06. The molecule has 1 amide bonds. The van der Waals surface area contributed by atoms with Gasteiger partial charge in [-0.25, -0.2) is 4.68 Å². The molecule has 0 aliphatic carbocycles. The molecule has 6 heteroatoms. The van der Waals surface area contributed by atoms with Gasteiger partial charge in [0.15, 0.2) is 0 Å². The molecule has 0 bridgehead atoms. The Morgan fingerprint density at radius 3 is 2.71 bits per heavy atom. The second-order valence-electron chi connectivity index (χ2n) is 4.95. The Morgan fingerprint density at radius 1 is 1.24 bits per heavy atom. The average molecular weight is 287 g/mol. The van der Waals surface area contributed by atoms with Gasteiger partial charge in [-0.1, -0.05) is 42.0 Å². The van der Waals surface area contributed by atoms with Crippen LogP contribution in [0.4, 0.5) is 0 Å². The topological polar surface area (TPSA) is 71.8 Å². The van der Waals surface area contributed by atoms with Crippen molar-refractivity contribution in [3.8, 4) is 0 Å². The molecular formula is C15H21N5O. The third-order valence-electron chi connectivity index (χ3n) is 3.06. The summed E-state index contributed by atoms with van der Waals surface area (Å²) in [6, 6.07) is 8.09. The lowest BCUT2D eigenvalue weighted by Gasteiger charge is -2.05. The number of hydrogen-bond acceptors (Lipinski definition) is 4. The molecule has 0 saturated carbocycles. The van der Waals surface area contributed by atoms with Gasteiger partial charge >= 0.3 is 0 Å². The molecule has 0 aliphatic rings. The molecule has 0 saturated heterocycles. The number of rotatable bonds is 7. The highest BCUT2D eigenvalue weighted by Gasteiger charge is 2.05. The standard InChI is InChI=1S/C15H21N5O/c1-3-16-9-14-10-20(19-18-14)11-15(21)17-8-13-6-4-12(2)5-7-13/h4-7,10,16H,3,8-9,11H2,1-2H3,(H,17,21). The Labute approximate surface area is 124 Å². The van der Waals surface area contributed by atoms with Crippen LogP contribution in [0.1, 0.15) is 23.7 Å². The smallest absolute Gasteiger partial charge is 0.242 e. The molecule has 1 aromatic carbocycles. The monoisotopic (exact) mass is 287 g/mol. The third kappa shape index (κ3) is 5.00. The zero-order valence-electron chi connectivity index (χ0n) is 12.5. The summed E-state index contributed by atoms with van der Waals surface area (Å²) in [4.78, 5) is 11.9. The minimum Gasteiger partial charge on any atom is -0.350 e. The van der Waals surface area contributed by atoms with Crippen LogP contribution in [-0.4, -0.2) is 27.4 Å². The number of hydrogen-bond donors (Lipinski definition) is 2. The van der Waals surface area contributed by atoms with E-state index in [1.54, 1.807) is 10.9 Å². The van der Waals surface area contributed by atoms with Crippen LogP contribution in [0.5, 0.6) is 0 Å². The van der Waals surface area contributed by atoms with Crippen molar-refractivity contribution in [2.75, 3.05) is 6.54 Å². The first-order valence-electron chi connectivity index (χ1n) is 7.09. The Balaban J connectivity index is 1.78. The molecule has 6 nitrogen and oxygen atoms in total. The van der Waals surface area contributed by atoms with E-state index in [2.05, 4.69) is 20.9 Å². The van der Waals surface area contributed by atoms with E-state index in [1.807, 2.05) is 38.1 Å². The molecular weight excluding hydrogens is 266 g/mol. The van der Waals surface area contributed by atoms with E-state index in [0.29, 0.717) is 13.1 Å². The molecule has 0 radical (unpaired) electrons. The molecule has 0 unspecified atom stereocenters. The first-order valence-corrected chi connectivity index (χ1v) is 7.09. The van der Waals surface area contributed by atoms with Crippen molar-refractivity contribution in [1.29, 1.82) is 0 Å². The number of amides is 1. The van der Waals surface area contributed by atoms with Gasteiger partial charge in [0.25, 0.3) is 0 Å². The maximum atomic E-state index is 11.9. The minimum absolute atomic E-state index is 0.0736. The van der Waals surface area contributed by atoms with Gasteiger partial charge in [0, 0.05) is 13.1 Å². The highest BCUT2D eigenvalue weighted by molar-refractivity contribution is 5.75. The fourth-order valence-electron chi connectivity index (χ4n) is 1.86. The number of aromatic nitrogens is 3. The maximum absolute atomic E-state index is 11.9. The molecule has 2 rings (SSSR count). The summed E-state index contributed by atoms with van der Waals surface area (Å²) in [6.45, 7) is 6.33. The first-order chi connectivity index (χ1) is 10.2. The Hall–Kier alpha value is -2.21. The largest absolute Gasteiger partial charge is 0.350 e. The summed E-state index contributed by atoms with van der Waals surface area (Å²) < 4.78 is 1.55. The first kappa shape index (κ1) is 15.2. The number of nitrogens with one attached hydrogen (secondary N) is 2. The molecule has 0 spiro atoms. The predicted molar refractivity (Wildman–Crippen MR) is 80.4 cm³/mol. The van der Waals surface area contributed by atoms with E-state index < -0.39 is 0 Å². The van der Waals surface area contributed by atoms with Gasteiger partial charge in [-0.2, -0.15) is 0 Å². The average Bonchev–Trinajstić information content (AvgIpc) is 2.92. The van der Waals surface area contributed by atoms with Crippen LogP contribution in [0, 0.1) is 6.92 Å². The van der Waals surface area contributed by atoms with Crippen molar-refractivity contribution in [2.24, 2.45) is 0 Å². The van der Waals surface area contributed by atoms with Crippen molar-refractivity contribution < 1.29 is 4.79 Å². The van der Waals surface area contributed by atoms with Gasteiger partial charge in [-0.3, -0.25) is 4.79 Å². The van der Waals surface area contributed by atoms with Gasteiger partial charge in [-0.15, -0.1) is 5.10 Å². The number of aryl methyl sites for hydroxylation is 1.